The van der Waals surface area contributed by atoms with E-state index in [1.165, 1.54) is 6.07 Å². The first-order chi connectivity index (χ1) is 9.18. The predicted octanol–water partition coefficient (Wildman–Crippen LogP) is 4.68. The minimum atomic E-state index is -0.195. The van der Waals surface area contributed by atoms with Gasteiger partial charge in [-0.25, -0.2) is 4.39 Å². The van der Waals surface area contributed by atoms with Gasteiger partial charge in [0.2, 0.25) is 0 Å². The van der Waals surface area contributed by atoms with Crippen molar-refractivity contribution in [3.8, 4) is 0 Å². The van der Waals surface area contributed by atoms with Crippen molar-refractivity contribution in [2.24, 2.45) is 5.92 Å². The molecule has 3 heteroatoms. The van der Waals surface area contributed by atoms with Crippen molar-refractivity contribution in [3.05, 3.63) is 47.8 Å². The lowest BCUT2D eigenvalue weighted by atomic mass is 9.90. The van der Waals surface area contributed by atoms with Crippen LogP contribution in [0.3, 0.4) is 0 Å². The molecule has 19 heavy (non-hydrogen) atoms. The van der Waals surface area contributed by atoms with Crippen molar-refractivity contribution in [2.45, 2.75) is 24.8 Å². The fraction of sp³-hybridized carbons (Fsp3) is 0.375. The van der Waals surface area contributed by atoms with Gasteiger partial charge in [-0.1, -0.05) is 30.3 Å². The highest BCUT2D eigenvalue weighted by Gasteiger charge is 2.32. The standard InChI is InChI=1S/C16H16ClFO/c1-10-11(8-9-19-10)16(17)14-6-7-15(18)13-5-3-2-4-12(13)14/h2-7,10-11,16H,8-9H2,1H3. The predicted molar refractivity (Wildman–Crippen MR) is 76.0 cm³/mol. The van der Waals surface area contributed by atoms with Gasteiger partial charge >= 0.3 is 0 Å². The van der Waals surface area contributed by atoms with Crippen molar-refractivity contribution < 1.29 is 9.13 Å². The summed E-state index contributed by atoms with van der Waals surface area (Å²) in [5, 5.41) is 1.40. The fourth-order valence-electron chi connectivity index (χ4n) is 2.89. The van der Waals surface area contributed by atoms with Crippen LogP contribution in [0.5, 0.6) is 0 Å². The molecular weight excluding hydrogens is 263 g/mol. The van der Waals surface area contributed by atoms with Gasteiger partial charge in [-0.3, -0.25) is 0 Å². The minimum absolute atomic E-state index is 0.136. The molecule has 0 amide bonds. The number of halogens is 2. The lowest BCUT2D eigenvalue weighted by Crippen LogP contribution is -2.16. The number of hydrogen-bond donors (Lipinski definition) is 0. The molecule has 1 aliphatic rings. The summed E-state index contributed by atoms with van der Waals surface area (Å²) in [6.45, 7) is 2.81. The van der Waals surface area contributed by atoms with Crippen LogP contribution in [0, 0.1) is 11.7 Å². The maximum absolute atomic E-state index is 13.8. The molecule has 2 aromatic rings. The minimum Gasteiger partial charge on any atom is -0.378 e. The summed E-state index contributed by atoms with van der Waals surface area (Å²) in [6, 6.07) is 10.8. The molecular formula is C16H16ClFO. The smallest absolute Gasteiger partial charge is 0.131 e. The van der Waals surface area contributed by atoms with Gasteiger partial charge in [0.05, 0.1) is 11.5 Å². The monoisotopic (exact) mass is 278 g/mol. The fourth-order valence-corrected chi connectivity index (χ4v) is 3.41. The second kappa shape index (κ2) is 5.10. The number of rotatable bonds is 2. The molecule has 1 nitrogen and oxygen atoms in total. The summed E-state index contributed by atoms with van der Waals surface area (Å²) in [6.07, 6.45) is 1.12. The van der Waals surface area contributed by atoms with Crippen molar-refractivity contribution in [2.75, 3.05) is 6.61 Å². The number of alkyl halides is 1. The summed E-state index contributed by atoms with van der Waals surface area (Å²) < 4.78 is 19.4. The van der Waals surface area contributed by atoms with E-state index < -0.39 is 0 Å². The molecule has 3 unspecified atom stereocenters. The molecule has 0 bridgehead atoms. The average molecular weight is 279 g/mol. The molecule has 2 aromatic carbocycles. The zero-order chi connectivity index (χ0) is 13.4. The van der Waals surface area contributed by atoms with Crippen molar-refractivity contribution in [3.63, 3.8) is 0 Å². The molecule has 1 heterocycles. The van der Waals surface area contributed by atoms with Crippen LogP contribution >= 0.6 is 11.6 Å². The molecule has 1 saturated heterocycles. The first kappa shape index (κ1) is 12.9. The van der Waals surface area contributed by atoms with E-state index in [2.05, 4.69) is 6.92 Å². The highest BCUT2D eigenvalue weighted by molar-refractivity contribution is 6.22. The first-order valence-corrected chi connectivity index (χ1v) is 7.05. The first-order valence-electron chi connectivity index (χ1n) is 6.61. The molecule has 0 aromatic heterocycles. The Hall–Kier alpha value is -1.12. The summed E-state index contributed by atoms with van der Waals surface area (Å²) in [7, 11) is 0. The Balaban J connectivity index is 2.07. The van der Waals surface area contributed by atoms with Crippen molar-refractivity contribution in [1.29, 1.82) is 0 Å². The maximum Gasteiger partial charge on any atom is 0.131 e. The number of fused-ring (bicyclic) bond motifs is 1. The molecule has 0 spiro atoms. The highest BCUT2D eigenvalue weighted by atomic mass is 35.5. The zero-order valence-corrected chi connectivity index (χ0v) is 11.5. The van der Waals surface area contributed by atoms with Crippen LogP contribution in [0.4, 0.5) is 4.39 Å². The van der Waals surface area contributed by atoms with Gasteiger partial charge < -0.3 is 4.74 Å². The molecule has 0 radical (unpaired) electrons. The molecule has 0 N–H and O–H groups in total. The van der Waals surface area contributed by atoms with E-state index in [-0.39, 0.29) is 23.2 Å². The van der Waals surface area contributed by atoms with Crippen LogP contribution < -0.4 is 0 Å². The van der Waals surface area contributed by atoms with Crippen LogP contribution in [-0.2, 0) is 4.74 Å². The Morgan fingerprint density at radius 3 is 2.63 bits per heavy atom. The van der Waals surface area contributed by atoms with Gasteiger partial charge in [-0.15, -0.1) is 11.6 Å². The summed E-state index contributed by atoms with van der Waals surface area (Å²) >= 11 is 6.64. The van der Waals surface area contributed by atoms with E-state index in [9.17, 15) is 4.39 Å². The lowest BCUT2D eigenvalue weighted by molar-refractivity contribution is 0.105. The highest BCUT2D eigenvalue weighted by Crippen LogP contribution is 2.40. The second-order valence-corrected chi connectivity index (χ2v) is 5.58. The van der Waals surface area contributed by atoms with E-state index >= 15 is 0 Å². The second-order valence-electron chi connectivity index (χ2n) is 5.11. The third-order valence-electron chi connectivity index (χ3n) is 4.01. The lowest BCUT2D eigenvalue weighted by Gasteiger charge is -2.22. The molecule has 3 atom stereocenters. The quantitative estimate of drug-likeness (QED) is 0.725. The van der Waals surface area contributed by atoms with Crippen LogP contribution in [0.25, 0.3) is 10.8 Å². The van der Waals surface area contributed by atoms with Crippen molar-refractivity contribution in [1.82, 2.24) is 0 Å². The molecule has 1 aliphatic heterocycles. The normalized spacial score (nSPS) is 24.8. The third kappa shape index (κ3) is 2.24. The van der Waals surface area contributed by atoms with Gasteiger partial charge in [-0.05, 0) is 30.4 Å². The molecule has 0 saturated carbocycles. The number of ether oxygens (including phenoxy) is 1. The average Bonchev–Trinajstić information content (AvgIpc) is 2.85. The Morgan fingerprint density at radius 1 is 1.21 bits per heavy atom. The zero-order valence-electron chi connectivity index (χ0n) is 10.8. The summed E-state index contributed by atoms with van der Waals surface area (Å²) in [5.41, 5.74) is 1.00. The van der Waals surface area contributed by atoms with E-state index in [0.717, 1.165) is 24.0 Å². The van der Waals surface area contributed by atoms with Gasteiger partial charge in [0, 0.05) is 17.9 Å². The Bertz CT molecular complexity index is 598. The van der Waals surface area contributed by atoms with Crippen LogP contribution in [-0.4, -0.2) is 12.7 Å². The van der Waals surface area contributed by atoms with Crippen LogP contribution in [0.2, 0.25) is 0 Å². The van der Waals surface area contributed by atoms with Gasteiger partial charge in [0.25, 0.3) is 0 Å². The summed E-state index contributed by atoms with van der Waals surface area (Å²) in [5.74, 6) is 0.0921. The topological polar surface area (TPSA) is 9.23 Å². The number of hydrogen-bond acceptors (Lipinski definition) is 1. The molecule has 3 rings (SSSR count). The summed E-state index contributed by atoms with van der Waals surface area (Å²) in [4.78, 5) is 0. The van der Waals surface area contributed by atoms with Gasteiger partial charge in [0.15, 0.2) is 0 Å². The Labute approximate surface area is 117 Å². The van der Waals surface area contributed by atoms with Crippen LogP contribution in [0.1, 0.15) is 24.3 Å². The van der Waals surface area contributed by atoms with Crippen molar-refractivity contribution >= 4 is 22.4 Å². The van der Waals surface area contributed by atoms with E-state index in [1.54, 1.807) is 12.1 Å². The largest absolute Gasteiger partial charge is 0.378 e. The van der Waals surface area contributed by atoms with Gasteiger partial charge in [0.1, 0.15) is 5.82 Å². The van der Waals surface area contributed by atoms with Crippen LogP contribution in [0.15, 0.2) is 36.4 Å². The molecule has 1 fully saturated rings. The Morgan fingerprint density at radius 2 is 1.95 bits per heavy atom. The van der Waals surface area contributed by atoms with E-state index in [0.29, 0.717) is 5.39 Å². The van der Waals surface area contributed by atoms with Gasteiger partial charge in [-0.2, -0.15) is 0 Å². The molecule has 100 valence electrons. The SMILES string of the molecule is CC1OCCC1C(Cl)c1ccc(F)c2ccccc12. The number of benzene rings is 2. The van der Waals surface area contributed by atoms with E-state index in [4.69, 9.17) is 16.3 Å². The molecule has 0 aliphatic carbocycles. The van der Waals surface area contributed by atoms with E-state index in [1.807, 2.05) is 18.2 Å². The Kier molecular flexibility index (Phi) is 3.46. The third-order valence-corrected chi connectivity index (χ3v) is 4.57. The maximum atomic E-state index is 13.8.